The van der Waals surface area contributed by atoms with Gasteiger partial charge < -0.3 is 9.47 Å². The number of nitrogens with zero attached hydrogens (tertiary/aromatic N) is 2. The highest BCUT2D eigenvalue weighted by Crippen LogP contribution is 2.37. The van der Waals surface area contributed by atoms with Crippen molar-refractivity contribution in [3.63, 3.8) is 0 Å². The second-order valence-electron chi connectivity index (χ2n) is 7.39. The Balaban J connectivity index is 1.36. The molecule has 10 heteroatoms. The molecule has 0 aliphatic rings. The molecular formula is C25H21BrFN3O3S2. The first kappa shape index (κ1) is 25.2. The lowest BCUT2D eigenvalue weighted by Crippen LogP contribution is -2.26. The molecule has 1 amide bonds. The van der Waals surface area contributed by atoms with E-state index >= 15 is 0 Å². The van der Waals surface area contributed by atoms with E-state index in [1.807, 2.05) is 31.2 Å². The Bertz CT molecular complexity index is 1330. The zero-order valence-corrected chi connectivity index (χ0v) is 22.0. The summed E-state index contributed by atoms with van der Waals surface area (Å²) >= 11 is 6.45. The van der Waals surface area contributed by atoms with Crippen molar-refractivity contribution in [2.24, 2.45) is 5.10 Å². The minimum Gasteiger partial charge on any atom is -0.493 e. The number of benzene rings is 3. The molecular weight excluding hydrogens is 553 g/mol. The van der Waals surface area contributed by atoms with Crippen molar-refractivity contribution in [3.05, 3.63) is 82.1 Å². The van der Waals surface area contributed by atoms with Crippen LogP contribution in [0.5, 0.6) is 11.5 Å². The molecule has 35 heavy (non-hydrogen) atoms. The van der Waals surface area contributed by atoms with Gasteiger partial charge in [-0.3, -0.25) is 4.79 Å². The van der Waals surface area contributed by atoms with Crippen molar-refractivity contribution in [1.29, 1.82) is 0 Å². The summed E-state index contributed by atoms with van der Waals surface area (Å²) in [6.07, 6.45) is 1.53. The van der Waals surface area contributed by atoms with E-state index in [-0.39, 0.29) is 23.6 Å². The van der Waals surface area contributed by atoms with E-state index in [0.717, 1.165) is 20.1 Å². The molecule has 0 spiro atoms. The van der Waals surface area contributed by atoms with Crippen LogP contribution in [0.3, 0.4) is 0 Å². The average Bonchev–Trinajstić information content (AvgIpc) is 3.26. The van der Waals surface area contributed by atoms with Crippen LogP contribution < -0.4 is 14.9 Å². The summed E-state index contributed by atoms with van der Waals surface area (Å²) in [5.41, 5.74) is 5.03. The number of thioether (sulfide) groups is 1. The lowest BCUT2D eigenvalue weighted by molar-refractivity contribution is -0.120. The minimum absolute atomic E-state index is 0.226. The fourth-order valence-corrected chi connectivity index (χ4v) is 5.84. The molecule has 0 bridgehead atoms. The Morgan fingerprint density at radius 2 is 2.03 bits per heavy atom. The van der Waals surface area contributed by atoms with Gasteiger partial charge in [0.25, 0.3) is 5.91 Å². The van der Waals surface area contributed by atoms with E-state index in [2.05, 4.69) is 31.4 Å². The van der Waals surface area contributed by atoms with Crippen LogP contribution in [0.25, 0.3) is 10.2 Å². The number of nitrogens with one attached hydrogen (secondary N) is 1. The van der Waals surface area contributed by atoms with E-state index in [1.165, 1.54) is 37.2 Å². The van der Waals surface area contributed by atoms with Crippen molar-refractivity contribution in [3.8, 4) is 11.5 Å². The van der Waals surface area contributed by atoms with Crippen LogP contribution >= 0.6 is 39.0 Å². The largest absolute Gasteiger partial charge is 0.493 e. The third kappa shape index (κ3) is 6.59. The van der Waals surface area contributed by atoms with Crippen LogP contribution in [-0.4, -0.2) is 29.5 Å². The second kappa shape index (κ2) is 11.7. The van der Waals surface area contributed by atoms with E-state index in [4.69, 9.17) is 9.47 Å². The number of para-hydroxylation sites is 1. The van der Waals surface area contributed by atoms with E-state index in [9.17, 15) is 9.18 Å². The summed E-state index contributed by atoms with van der Waals surface area (Å²) in [7, 11) is 1.54. The number of fused-ring (bicyclic) bond motifs is 1. The Morgan fingerprint density at radius 3 is 2.77 bits per heavy atom. The average molecular weight is 574 g/mol. The first-order valence-electron chi connectivity index (χ1n) is 10.5. The highest BCUT2D eigenvalue weighted by Gasteiger charge is 2.17. The molecule has 0 fully saturated rings. The van der Waals surface area contributed by atoms with Crippen molar-refractivity contribution in [1.82, 2.24) is 10.4 Å². The lowest BCUT2D eigenvalue weighted by Gasteiger charge is -2.13. The van der Waals surface area contributed by atoms with Crippen LogP contribution in [0.1, 0.15) is 18.1 Å². The Labute approximate surface area is 218 Å². The maximum Gasteiger partial charge on any atom is 0.253 e. The number of thiazole rings is 1. The van der Waals surface area contributed by atoms with Crippen LogP contribution in [-0.2, 0) is 11.4 Å². The number of carbonyl (C=O) groups excluding carboxylic acids is 1. The van der Waals surface area contributed by atoms with Gasteiger partial charge in [-0.1, -0.05) is 36.0 Å². The summed E-state index contributed by atoms with van der Waals surface area (Å²) in [4.78, 5) is 17.0. The number of rotatable bonds is 9. The predicted octanol–water partition coefficient (Wildman–Crippen LogP) is 6.42. The van der Waals surface area contributed by atoms with Gasteiger partial charge in [-0.15, -0.1) is 11.3 Å². The molecule has 0 radical (unpaired) electrons. The standard InChI is InChI=1S/C25H21BrFN3O3S2/c1-15(34-25-29-20-5-3-4-6-22(20)35-25)24(31)30-28-13-17-11-19(26)23(21(12-17)32-2)33-14-16-7-9-18(27)10-8-16/h3-13,15H,14H2,1-2H3,(H,30,31)/b28-13-/t15-/m0/s1. The van der Waals surface area contributed by atoms with Gasteiger partial charge in [-0.05, 0) is 70.4 Å². The van der Waals surface area contributed by atoms with Crippen molar-refractivity contribution >= 4 is 61.4 Å². The zero-order chi connectivity index (χ0) is 24.8. The molecule has 4 aromatic rings. The lowest BCUT2D eigenvalue weighted by atomic mass is 10.2. The highest BCUT2D eigenvalue weighted by molar-refractivity contribution is 9.10. The quantitative estimate of drug-likeness (QED) is 0.142. The Hall–Kier alpha value is -2.95. The number of methoxy groups -OCH3 is 1. The summed E-state index contributed by atoms with van der Waals surface area (Å²) in [5, 5.41) is 3.72. The number of hydrazone groups is 1. The van der Waals surface area contributed by atoms with Crippen molar-refractivity contribution in [2.75, 3.05) is 7.11 Å². The summed E-state index contributed by atoms with van der Waals surface area (Å²) in [6, 6.07) is 17.5. The summed E-state index contributed by atoms with van der Waals surface area (Å²) in [5.74, 6) is 0.483. The number of hydrogen-bond acceptors (Lipinski definition) is 7. The maximum absolute atomic E-state index is 13.1. The van der Waals surface area contributed by atoms with Crippen molar-refractivity contribution < 1.29 is 18.7 Å². The SMILES string of the molecule is COc1cc(/C=N\NC(=O)[C@H](C)Sc2nc3ccccc3s2)cc(Br)c1OCc1ccc(F)cc1. The third-order valence-electron chi connectivity index (χ3n) is 4.86. The molecule has 0 saturated heterocycles. The van der Waals surface area contributed by atoms with Crippen LogP contribution in [0.2, 0.25) is 0 Å². The van der Waals surface area contributed by atoms with Crippen LogP contribution in [0.15, 0.2) is 74.6 Å². The fourth-order valence-electron chi connectivity index (χ4n) is 3.06. The van der Waals surface area contributed by atoms with Gasteiger partial charge in [0.05, 0.1) is 33.3 Å². The summed E-state index contributed by atoms with van der Waals surface area (Å²) < 4.78 is 27.0. The Kier molecular flexibility index (Phi) is 8.37. The molecule has 1 heterocycles. The van der Waals surface area contributed by atoms with Gasteiger partial charge in [-0.2, -0.15) is 5.10 Å². The smallest absolute Gasteiger partial charge is 0.253 e. The minimum atomic E-state index is -0.365. The second-order valence-corrected chi connectivity index (χ2v) is 10.9. The van der Waals surface area contributed by atoms with Gasteiger partial charge in [0, 0.05) is 0 Å². The van der Waals surface area contributed by atoms with E-state index in [1.54, 1.807) is 35.6 Å². The van der Waals surface area contributed by atoms with Crippen LogP contribution in [0, 0.1) is 5.82 Å². The molecule has 0 aliphatic carbocycles. The number of halogens is 2. The van der Waals surface area contributed by atoms with Gasteiger partial charge >= 0.3 is 0 Å². The van der Waals surface area contributed by atoms with Gasteiger partial charge in [0.1, 0.15) is 12.4 Å². The maximum atomic E-state index is 13.1. The predicted molar refractivity (Wildman–Crippen MR) is 142 cm³/mol. The van der Waals surface area contributed by atoms with Crippen LogP contribution in [0.4, 0.5) is 4.39 Å². The van der Waals surface area contributed by atoms with Gasteiger partial charge in [0.2, 0.25) is 0 Å². The molecule has 1 aromatic heterocycles. The molecule has 6 nitrogen and oxygen atoms in total. The van der Waals surface area contributed by atoms with E-state index in [0.29, 0.717) is 21.5 Å². The number of aromatic nitrogens is 1. The first-order valence-corrected chi connectivity index (χ1v) is 13.0. The number of carbonyl (C=O) groups is 1. The topological polar surface area (TPSA) is 72.8 Å². The monoisotopic (exact) mass is 573 g/mol. The molecule has 4 rings (SSSR count). The summed E-state index contributed by atoms with van der Waals surface area (Å²) in [6.45, 7) is 2.07. The Morgan fingerprint density at radius 1 is 1.26 bits per heavy atom. The molecule has 0 aliphatic heterocycles. The van der Waals surface area contributed by atoms with Gasteiger partial charge in [0.15, 0.2) is 15.8 Å². The fraction of sp³-hybridized carbons (Fsp3) is 0.160. The third-order valence-corrected chi connectivity index (χ3v) is 7.68. The van der Waals surface area contributed by atoms with E-state index < -0.39 is 0 Å². The number of amides is 1. The van der Waals surface area contributed by atoms with Gasteiger partial charge in [-0.25, -0.2) is 14.8 Å². The normalized spacial score (nSPS) is 12.1. The highest BCUT2D eigenvalue weighted by atomic mass is 79.9. The molecule has 0 saturated carbocycles. The number of hydrogen-bond donors (Lipinski definition) is 1. The first-order chi connectivity index (χ1) is 16.9. The molecule has 0 unspecified atom stereocenters. The molecule has 180 valence electrons. The number of ether oxygens (including phenoxy) is 2. The molecule has 1 atom stereocenters. The molecule has 3 aromatic carbocycles. The zero-order valence-electron chi connectivity index (χ0n) is 18.8. The molecule has 1 N–H and O–H groups in total. The van der Waals surface area contributed by atoms with Crippen molar-refractivity contribution in [2.45, 2.75) is 23.1 Å².